The number of nitrogens with one attached hydrogen (secondary N) is 1. The molecule has 1 unspecified atom stereocenters. The third kappa shape index (κ3) is 3.31. The quantitative estimate of drug-likeness (QED) is 0.931. The van der Waals surface area contributed by atoms with Gasteiger partial charge in [0.25, 0.3) is 0 Å². The lowest BCUT2D eigenvalue weighted by Crippen LogP contribution is -2.40. The van der Waals surface area contributed by atoms with Gasteiger partial charge in [0.2, 0.25) is 5.95 Å². The Kier molecular flexibility index (Phi) is 4.36. The second-order valence-electron chi connectivity index (χ2n) is 5.27. The fraction of sp³-hybridized carbons (Fsp3) is 0.667. The lowest BCUT2D eigenvalue weighted by atomic mass is 9.87. The molecule has 0 aliphatic heterocycles. The Morgan fingerprint density at radius 3 is 2.47 bits per heavy atom. The lowest BCUT2D eigenvalue weighted by Gasteiger charge is -2.36. The van der Waals surface area contributed by atoms with E-state index in [-0.39, 0.29) is 5.41 Å². The predicted molar refractivity (Wildman–Crippen MR) is 76.6 cm³/mol. The minimum atomic E-state index is 0.193. The van der Waals surface area contributed by atoms with Gasteiger partial charge in [-0.25, -0.2) is 4.98 Å². The summed E-state index contributed by atoms with van der Waals surface area (Å²) in [5, 5.41) is 2.96. The zero-order valence-corrected chi connectivity index (χ0v) is 13.0. The first-order valence-corrected chi connectivity index (χ1v) is 6.49. The van der Waals surface area contributed by atoms with Crippen LogP contribution >= 0.6 is 15.9 Å². The Balaban J connectivity index is 3.07. The minimum Gasteiger partial charge on any atom is -0.357 e. The van der Waals surface area contributed by atoms with Gasteiger partial charge in [-0.1, -0.05) is 20.8 Å². The van der Waals surface area contributed by atoms with Crippen LogP contribution in [0.3, 0.4) is 0 Å². The smallest absolute Gasteiger partial charge is 0.224 e. The molecule has 96 valence electrons. The Morgan fingerprint density at radius 1 is 1.41 bits per heavy atom. The topological polar surface area (TPSA) is 41.1 Å². The van der Waals surface area contributed by atoms with Gasteiger partial charge in [0.15, 0.2) is 0 Å². The van der Waals surface area contributed by atoms with Crippen molar-refractivity contribution < 1.29 is 0 Å². The summed E-state index contributed by atoms with van der Waals surface area (Å²) in [6.07, 6.45) is 1.78. The fourth-order valence-electron chi connectivity index (χ4n) is 1.49. The average molecular weight is 301 g/mol. The van der Waals surface area contributed by atoms with Crippen LogP contribution in [-0.4, -0.2) is 30.1 Å². The summed E-state index contributed by atoms with van der Waals surface area (Å²) in [6, 6.07) is 0.374. The Morgan fingerprint density at radius 2 is 2.00 bits per heavy atom. The molecule has 0 spiro atoms. The zero-order chi connectivity index (χ0) is 13.2. The molecule has 0 saturated heterocycles. The summed E-state index contributed by atoms with van der Waals surface area (Å²) in [4.78, 5) is 10.8. The maximum absolute atomic E-state index is 4.48. The molecule has 1 aromatic heterocycles. The fourth-order valence-corrected chi connectivity index (χ4v) is 1.96. The summed E-state index contributed by atoms with van der Waals surface area (Å²) in [6.45, 7) is 8.88. The van der Waals surface area contributed by atoms with Crippen LogP contribution in [0.4, 0.5) is 11.8 Å². The van der Waals surface area contributed by atoms with Gasteiger partial charge in [0.1, 0.15) is 5.82 Å². The average Bonchev–Trinajstić information content (AvgIpc) is 2.26. The molecule has 1 rings (SSSR count). The van der Waals surface area contributed by atoms with E-state index in [0.29, 0.717) is 12.0 Å². The molecule has 0 aliphatic rings. The maximum Gasteiger partial charge on any atom is 0.224 e. The molecule has 0 amide bonds. The van der Waals surface area contributed by atoms with Crippen LogP contribution in [0.25, 0.3) is 0 Å². The number of hydrogen-bond acceptors (Lipinski definition) is 4. The molecule has 1 heterocycles. The van der Waals surface area contributed by atoms with Crippen molar-refractivity contribution in [3.05, 3.63) is 10.7 Å². The zero-order valence-electron chi connectivity index (χ0n) is 11.4. The van der Waals surface area contributed by atoms with E-state index in [4.69, 9.17) is 0 Å². The van der Waals surface area contributed by atoms with Crippen LogP contribution in [0.15, 0.2) is 10.7 Å². The highest BCUT2D eigenvalue weighted by atomic mass is 79.9. The third-order valence-electron chi connectivity index (χ3n) is 3.12. The van der Waals surface area contributed by atoms with Crippen molar-refractivity contribution in [3.63, 3.8) is 0 Å². The van der Waals surface area contributed by atoms with Gasteiger partial charge in [0, 0.05) is 26.3 Å². The van der Waals surface area contributed by atoms with Crippen molar-refractivity contribution in [1.29, 1.82) is 0 Å². The van der Waals surface area contributed by atoms with Crippen molar-refractivity contribution in [3.8, 4) is 0 Å². The number of halogens is 1. The molecule has 4 nitrogen and oxygen atoms in total. The van der Waals surface area contributed by atoms with Gasteiger partial charge in [0.05, 0.1) is 4.47 Å². The van der Waals surface area contributed by atoms with E-state index in [1.807, 2.05) is 7.05 Å². The maximum atomic E-state index is 4.48. The summed E-state index contributed by atoms with van der Waals surface area (Å²) in [7, 11) is 3.88. The van der Waals surface area contributed by atoms with Crippen LogP contribution in [0, 0.1) is 5.41 Å². The summed E-state index contributed by atoms with van der Waals surface area (Å²) in [5.74, 6) is 1.54. The van der Waals surface area contributed by atoms with Crippen LogP contribution in [0.2, 0.25) is 0 Å². The molecule has 0 saturated carbocycles. The molecule has 1 aromatic rings. The van der Waals surface area contributed by atoms with E-state index in [1.54, 1.807) is 6.20 Å². The molecule has 0 fully saturated rings. The first-order chi connectivity index (χ1) is 7.77. The number of anilines is 2. The molecule has 0 aromatic carbocycles. The van der Waals surface area contributed by atoms with Crippen LogP contribution in [-0.2, 0) is 0 Å². The highest BCUT2D eigenvalue weighted by Gasteiger charge is 2.26. The van der Waals surface area contributed by atoms with Crippen molar-refractivity contribution >= 4 is 27.7 Å². The van der Waals surface area contributed by atoms with E-state index in [1.165, 1.54) is 0 Å². The second-order valence-corrected chi connectivity index (χ2v) is 6.12. The molecule has 5 heteroatoms. The van der Waals surface area contributed by atoms with Crippen molar-refractivity contribution in [2.75, 3.05) is 24.3 Å². The Bertz CT molecular complexity index is 387. The van der Waals surface area contributed by atoms with E-state index in [0.717, 1.165) is 10.3 Å². The molecule has 17 heavy (non-hydrogen) atoms. The van der Waals surface area contributed by atoms with E-state index in [9.17, 15) is 0 Å². The minimum absolute atomic E-state index is 0.193. The SMILES string of the molecule is CNc1ncc(Br)c(N(C)C(C)C(C)(C)C)n1. The number of aromatic nitrogens is 2. The summed E-state index contributed by atoms with van der Waals surface area (Å²) >= 11 is 3.50. The normalized spacial score (nSPS) is 13.4. The van der Waals surface area contributed by atoms with Gasteiger partial charge < -0.3 is 10.2 Å². The van der Waals surface area contributed by atoms with Crippen molar-refractivity contribution in [2.45, 2.75) is 33.7 Å². The van der Waals surface area contributed by atoms with Crippen molar-refractivity contribution in [2.24, 2.45) is 5.41 Å². The summed E-state index contributed by atoms with van der Waals surface area (Å²) in [5.41, 5.74) is 0.193. The molecule has 0 aliphatic carbocycles. The van der Waals surface area contributed by atoms with E-state index >= 15 is 0 Å². The van der Waals surface area contributed by atoms with E-state index < -0.39 is 0 Å². The molecule has 1 N–H and O–H groups in total. The first kappa shape index (κ1) is 14.2. The van der Waals surface area contributed by atoms with Gasteiger partial charge >= 0.3 is 0 Å². The Hall–Kier alpha value is -0.840. The number of rotatable bonds is 3. The van der Waals surface area contributed by atoms with Gasteiger partial charge in [-0.3, -0.25) is 0 Å². The largest absolute Gasteiger partial charge is 0.357 e. The molecular formula is C12H21BrN4. The van der Waals surface area contributed by atoms with Gasteiger partial charge in [-0.15, -0.1) is 0 Å². The highest BCUT2D eigenvalue weighted by molar-refractivity contribution is 9.10. The number of hydrogen-bond donors (Lipinski definition) is 1. The highest BCUT2D eigenvalue weighted by Crippen LogP contribution is 2.30. The van der Waals surface area contributed by atoms with Crippen LogP contribution < -0.4 is 10.2 Å². The molecule has 1 atom stereocenters. The Labute approximate surface area is 112 Å². The third-order valence-corrected chi connectivity index (χ3v) is 3.68. The van der Waals surface area contributed by atoms with Gasteiger partial charge in [-0.05, 0) is 28.3 Å². The van der Waals surface area contributed by atoms with Crippen LogP contribution in [0.1, 0.15) is 27.7 Å². The van der Waals surface area contributed by atoms with Gasteiger partial charge in [-0.2, -0.15) is 4.98 Å². The second kappa shape index (κ2) is 5.21. The lowest BCUT2D eigenvalue weighted by molar-refractivity contribution is 0.328. The standard InChI is InChI=1S/C12H21BrN4/c1-8(12(2,3)4)17(6)10-9(13)7-15-11(14-5)16-10/h7-8H,1-6H3,(H,14,15,16). The molecule has 0 radical (unpaired) electrons. The molecular weight excluding hydrogens is 280 g/mol. The monoisotopic (exact) mass is 300 g/mol. The van der Waals surface area contributed by atoms with Crippen molar-refractivity contribution in [1.82, 2.24) is 9.97 Å². The number of nitrogens with zero attached hydrogens (tertiary/aromatic N) is 3. The van der Waals surface area contributed by atoms with Crippen LogP contribution in [0.5, 0.6) is 0 Å². The predicted octanol–water partition coefficient (Wildman–Crippen LogP) is 3.15. The molecule has 0 bridgehead atoms. The summed E-state index contributed by atoms with van der Waals surface area (Å²) < 4.78 is 0.912. The van der Waals surface area contributed by atoms with E-state index in [2.05, 4.69) is 70.9 Å². The first-order valence-electron chi connectivity index (χ1n) is 5.70.